The van der Waals surface area contributed by atoms with E-state index in [0.29, 0.717) is 19.1 Å². The Hall–Kier alpha value is -1.83. The molecule has 0 saturated carbocycles. The summed E-state index contributed by atoms with van der Waals surface area (Å²) < 4.78 is 0. The van der Waals surface area contributed by atoms with Crippen LogP contribution < -0.4 is 21.1 Å². The minimum Gasteiger partial charge on any atom is -0.368 e. The Bertz CT molecular complexity index is 646. The number of benzene rings is 1. The van der Waals surface area contributed by atoms with Crippen LogP contribution in [0.4, 0.5) is 5.69 Å². The van der Waals surface area contributed by atoms with Gasteiger partial charge in [-0.15, -0.1) is 0 Å². The summed E-state index contributed by atoms with van der Waals surface area (Å²) in [6.07, 6.45) is 2.87. The van der Waals surface area contributed by atoms with E-state index in [2.05, 4.69) is 28.0 Å². The van der Waals surface area contributed by atoms with Crippen LogP contribution in [0.15, 0.2) is 24.3 Å². The zero-order valence-electron chi connectivity index (χ0n) is 15.7. The van der Waals surface area contributed by atoms with Crippen LogP contribution in [-0.4, -0.2) is 61.5 Å². The first kappa shape index (κ1) is 19.9. The van der Waals surface area contributed by atoms with Gasteiger partial charge in [-0.3, -0.25) is 15.0 Å². The van der Waals surface area contributed by atoms with Crippen molar-refractivity contribution in [2.75, 3.05) is 37.6 Å². The smallest absolute Gasteiger partial charge is 0.242 e. The zero-order valence-corrected chi connectivity index (χ0v) is 16.5. The third-order valence-corrected chi connectivity index (χ3v) is 5.43. The van der Waals surface area contributed by atoms with Crippen molar-refractivity contribution in [3.05, 3.63) is 29.3 Å². The molecule has 0 bridgehead atoms. The molecule has 0 spiro atoms. The zero-order chi connectivity index (χ0) is 19.2. The van der Waals surface area contributed by atoms with E-state index in [4.69, 9.17) is 11.6 Å². The molecule has 0 aliphatic carbocycles. The maximum atomic E-state index is 12.4. The van der Waals surface area contributed by atoms with Gasteiger partial charge in [-0.2, -0.15) is 0 Å². The van der Waals surface area contributed by atoms with Crippen LogP contribution >= 0.6 is 11.6 Å². The van der Waals surface area contributed by atoms with Crippen molar-refractivity contribution >= 4 is 29.1 Å². The highest BCUT2D eigenvalue weighted by Gasteiger charge is 2.29. The van der Waals surface area contributed by atoms with E-state index in [-0.39, 0.29) is 24.4 Å². The number of nitrogens with zero attached hydrogens (tertiary/aromatic N) is 2. The van der Waals surface area contributed by atoms with Crippen LogP contribution in [0.1, 0.15) is 26.2 Å². The quantitative estimate of drug-likeness (QED) is 0.675. The molecule has 27 heavy (non-hydrogen) atoms. The number of carbonyl (C=O) groups is 2. The van der Waals surface area contributed by atoms with Crippen LogP contribution in [0.3, 0.4) is 0 Å². The maximum absolute atomic E-state index is 12.4. The number of amides is 2. The van der Waals surface area contributed by atoms with Crippen LogP contribution in [0.5, 0.6) is 0 Å². The minimum atomic E-state index is -0.267. The van der Waals surface area contributed by atoms with Gasteiger partial charge >= 0.3 is 0 Å². The Balaban J connectivity index is 1.39. The minimum absolute atomic E-state index is 0.0322. The van der Waals surface area contributed by atoms with Gasteiger partial charge in [-0.05, 0) is 37.1 Å². The predicted molar refractivity (Wildman–Crippen MR) is 107 cm³/mol. The fourth-order valence-corrected chi connectivity index (χ4v) is 3.72. The highest BCUT2D eigenvalue weighted by molar-refractivity contribution is 6.30. The molecule has 1 aromatic rings. The summed E-state index contributed by atoms with van der Waals surface area (Å²) in [6.45, 7) is 5.03. The summed E-state index contributed by atoms with van der Waals surface area (Å²) in [7, 11) is 0. The van der Waals surface area contributed by atoms with Crippen molar-refractivity contribution in [1.29, 1.82) is 0 Å². The van der Waals surface area contributed by atoms with Crippen molar-refractivity contribution in [3.63, 3.8) is 0 Å². The number of hydrogen-bond donors (Lipinski definition) is 3. The summed E-state index contributed by atoms with van der Waals surface area (Å²) in [5, 5.41) is 3.49. The summed E-state index contributed by atoms with van der Waals surface area (Å²) in [4.78, 5) is 28.7. The molecule has 2 fully saturated rings. The molecular formula is C19H28ClN5O2. The van der Waals surface area contributed by atoms with Crippen LogP contribution in [-0.2, 0) is 9.59 Å². The molecule has 2 saturated heterocycles. The molecule has 3 rings (SSSR count). The van der Waals surface area contributed by atoms with E-state index >= 15 is 0 Å². The average molecular weight is 394 g/mol. The second kappa shape index (κ2) is 9.39. The van der Waals surface area contributed by atoms with Crippen molar-refractivity contribution in [3.8, 4) is 0 Å². The third kappa shape index (κ3) is 5.34. The van der Waals surface area contributed by atoms with Gasteiger partial charge in [0.15, 0.2) is 0 Å². The van der Waals surface area contributed by atoms with E-state index < -0.39 is 0 Å². The van der Waals surface area contributed by atoms with Gasteiger partial charge in [-0.25, -0.2) is 5.43 Å². The van der Waals surface area contributed by atoms with Crippen molar-refractivity contribution < 1.29 is 9.59 Å². The van der Waals surface area contributed by atoms with E-state index in [0.717, 1.165) is 43.1 Å². The Kier molecular flexibility index (Phi) is 6.93. The largest absolute Gasteiger partial charge is 0.368 e. The van der Waals surface area contributed by atoms with E-state index in [1.807, 2.05) is 29.2 Å². The number of piperazine rings is 1. The molecular weight excluding hydrogens is 366 g/mol. The Morgan fingerprint density at radius 1 is 1.15 bits per heavy atom. The van der Waals surface area contributed by atoms with Gasteiger partial charge in [-0.1, -0.05) is 24.9 Å². The lowest BCUT2D eigenvalue weighted by molar-refractivity contribution is -0.133. The summed E-state index contributed by atoms with van der Waals surface area (Å²) in [6, 6.07) is 7.80. The van der Waals surface area contributed by atoms with Gasteiger partial charge in [0, 0.05) is 42.9 Å². The standard InChI is InChI=1S/C19H28ClN5O2/c1-2-3-15-12-17(23-22-15)19(27)21-13-18(26)25-10-8-24(9-11-25)16-6-4-14(20)5-7-16/h4-7,15,17,22-23H,2-3,8-13H2,1H3,(H,21,27). The molecule has 1 aromatic carbocycles. The van der Waals surface area contributed by atoms with Crippen LogP contribution in [0, 0.1) is 0 Å². The lowest BCUT2D eigenvalue weighted by atomic mass is 10.1. The molecule has 3 N–H and O–H groups in total. The number of hydrazine groups is 1. The molecule has 2 aliphatic heterocycles. The first-order valence-electron chi connectivity index (χ1n) is 9.64. The van der Waals surface area contributed by atoms with Gasteiger partial charge in [0.1, 0.15) is 6.04 Å². The topological polar surface area (TPSA) is 76.7 Å². The molecule has 2 amide bonds. The highest BCUT2D eigenvalue weighted by Crippen LogP contribution is 2.19. The normalized spacial score (nSPS) is 22.7. The van der Waals surface area contributed by atoms with Gasteiger partial charge in [0.25, 0.3) is 0 Å². The molecule has 2 unspecified atom stereocenters. The average Bonchev–Trinajstić information content (AvgIpc) is 3.16. The van der Waals surface area contributed by atoms with Crippen molar-refractivity contribution in [2.24, 2.45) is 0 Å². The van der Waals surface area contributed by atoms with Crippen LogP contribution in [0.25, 0.3) is 0 Å². The second-order valence-electron chi connectivity index (χ2n) is 7.12. The number of nitrogens with one attached hydrogen (secondary N) is 3. The van der Waals surface area contributed by atoms with Gasteiger partial charge < -0.3 is 15.1 Å². The van der Waals surface area contributed by atoms with Crippen LogP contribution in [0.2, 0.25) is 5.02 Å². The fourth-order valence-electron chi connectivity index (χ4n) is 3.60. The maximum Gasteiger partial charge on any atom is 0.242 e. The molecule has 2 aliphatic rings. The molecule has 2 heterocycles. The number of anilines is 1. The molecule has 2 atom stereocenters. The highest BCUT2D eigenvalue weighted by atomic mass is 35.5. The summed E-state index contributed by atoms with van der Waals surface area (Å²) in [5.74, 6) is -0.149. The lowest BCUT2D eigenvalue weighted by Gasteiger charge is -2.36. The first-order valence-corrected chi connectivity index (χ1v) is 10.0. The third-order valence-electron chi connectivity index (χ3n) is 5.17. The monoisotopic (exact) mass is 393 g/mol. The molecule has 0 radical (unpaired) electrons. The van der Waals surface area contributed by atoms with E-state index in [1.165, 1.54) is 0 Å². The van der Waals surface area contributed by atoms with Gasteiger partial charge in [0.05, 0.1) is 6.54 Å². The molecule has 8 heteroatoms. The lowest BCUT2D eigenvalue weighted by Crippen LogP contribution is -2.52. The second-order valence-corrected chi connectivity index (χ2v) is 7.56. The number of rotatable bonds is 6. The molecule has 148 valence electrons. The SMILES string of the molecule is CCCC1CC(C(=O)NCC(=O)N2CCN(c3ccc(Cl)cc3)CC2)NN1. The first-order chi connectivity index (χ1) is 13.1. The van der Waals surface area contributed by atoms with Crippen molar-refractivity contribution in [2.45, 2.75) is 38.3 Å². The fraction of sp³-hybridized carbons (Fsp3) is 0.579. The van der Waals surface area contributed by atoms with E-state index in [1.54, 1.807) is 0 Å². The number of carbonyl (C=O) groups excluding carboxylic acids is 2. The Morgan fingerprint density at radius 2 is 1.85 bits per heavy atom. The number of halogens is 1. The summed E-state index contributed by atoms with van der Waals surface area (Å²) in [5.41, 5.74) is 7.28. The molecule has 7 nitrogen and oxygen atoms in total. The Labute approximate surface area is 165 Å². The molecule has 0 aromatic heterocycles. The number of hydrogen-bond acceptors (Lipinski definition) is 5. The van der Waals surface area contributed by atoms with Crippen molar-refractivity contribution in [1.82, 2.24) is 21.1 Å². The van der Waals surface area contributed by atoms with E-state index in [9.17, 15) is 9.59 Å². The Morgan fingerprint density at radius 3 is 2.52 bits per heavy atom. The van der Waals surface area contributed by atoms with Gasteiger partial charge in [0.2, 0.25) is 11.8 Å². The predicted octanol–water partition coefficient (Wildman–Crippen LogP) is 1.14. The summed E-state index contributed by atoms with van der Waals surface area (Å²) >= 11 is 5.93.